The number of aromatic nitrogens is 1. The number of halogens is 1. The summed E-state index contributed by atoms with van der Waals surface area (Å²) in [7, 11) is 5.35. The molecule has 30 heavy (non-hydrogen) atoms. The quantitative estimate of drug-likeness (QED) is 0.413. The maximum Gasteiger partial charge on any atom is 0.295 e. The van der Waals surface area contributed by atoms with Crippen molar-refractivity contribution in [2.24, 2.45) is 0 Å². The van der Waals surface area contributed by atoms with Gasteiger partial charge in [-0.3, -0.25) is 14.6 Å². The Kier molecular flexibility index (Phi) is 6.74. The summed E-state index contributed by atoms with van der Waals surface area (Å²) in [5, 5.41) is 11.5. The van der Waals surface area contributed by atoms with Crippen LogP contribution < -0.4 is 4.74 Å². The Hall–Kier alpha value is -2.90. The Bertz CT molecular complexity index is 976. The van der Waals surface area contributed by atoms with Crippen LogP contribution in [0, 0.1) is 0 Å². The Morgan fingerprint density at radius 1 is 1.23 bits per heavy atom. The van der Waals surface area contributed by atoms with Crippen molar-refractivity contribution in [3.8, 4) is 5.75 Å². The Morgan fingerprint density at radius 3 is 2.57 bits per heavy atom. The number of ether oxygens (including phenoxy) is 1. The van der Waals surface area contributed by atoms with Crippen molar-refractivity contribution < 1.29 is 19.4 Å². The number of amides is 1. The first-order valence-electron chi connectivity index (χ1n) is 9.52. The minimum absolute atomic E-state index is 0.0108. The van der Waals surface area contributed by atoms with Crippen molar-refractivity contribution >= 4 is 29.1 Å². The zero-order chi connectivity index (χ0) is 21.8. The fourth-order valence-corrected chi connectivity index (χ4v) is 3.74. The van der Waals surface area contributed by atoms with Gasteiger partial charge in [0.2, 0.25) is 0 Å². The van der Waals surface area contributed by atoms with Gasteiger partial charge in [-0.1, -0.05) is 11.6 Å². The molecule has 1 atom stereocenters. The van der Waals surface area contributed by atoms with Gasteiger partial charge in [0.1, 0.15) is 11.5 Å². The van der Waals surface area contributed by atoms with E-state index in [2.05, 4.69) is 4.98 Å². The number of carbonyl (C=O) groups is 2. The van der Waals surface area contributed by atoms with Crippen molar-refractivity contribution in [3.63, 3.8) is 0 Å². The summed E-state index contributed by atoms with van der Waals surface area (Å²) in [6.45, 7) is 1.13. The Morgan fingerprint density at radius 2 is 1.93 bits per heavy atom. The van der Waals surface area contributed by atoms with Crippen LogP contribution in [0.25, 0.3) is 5.76 Å². The zero-order valence-electron chi connectivity index (χ0n) is 17.1. The van der Waals surface area contributed by atoms with E-state index in [4.69, 9.17) is 16.3 Å². The van der Waals surface area contributed by atoms with Crippen molar-refractivity contribution in [2.75, 3.05) is 34.3 Å². The molecular weight excluding hydrogens is 406 g/mol. The average molecular weight is 430 g/mol. The molecule has 0 aliphatic carbocycles. The number of aliphatic hydroxyl groups excluding tert-OH is 1. The predicted octanol–water partition coefficient (Wildman–Crippen LogP) is 3.12. The number of rotatable bonds is 7. The number of hydrogen-bond donors (Lipinski definition) is 1. The van der Waals surface area contributed by atoms with Crippen LogP contribution in [0.15, 0.2) is 48.3 Å². The number of ketones is 1. The van der Waals surface area contributed by atoms with E-state index in [9.17, 15) is 14.7 Å². The van der Waals surface area contributed by atoms with E-state index in [0.29, 0.717) is 29.3 Å². The summed E-state index contributed by atoms with van der Waals surface area (Å²) in [5.41, 5.74) is 0.962. The molecule has 0 spiro atoms. The van der Waals surface area contributed by atoms with Gasteiger partial charge in [-0.25, -0.2) is 0 Å². The first-order chi connectivity index (χ1) is 14.3. The van der Waals surface area contributed by atoms with E-state index in [1.807, 2.05) is 19.0 Å². The number of carbonyl (C=O) groups excluding carboxylic acids is 2. The molecule has 1 saturated heterocycles. The summed E-state index contributed by atoms with van der Waals surface area (Å²) >= 11 is 6.11. The number of nitrogens with zero attached hydrogens (tertiary/aromatic N) is 3. The van der Waals surface area contributed by atoms with Gasteiger partial charge >= 0.3 is 0 Å². The van der Waals surface area contributed by atoms with E-state index < -0.39 is 17.7 Å². The minimum Gasteiger partial charge on any atom is -0.507 e. The number of pyridine rings is 1. The topological polar surface area (TPSA) is 83.0 Å². The molecule has 1 aromatic carbocycles. The monoisotopic (exact) mass is 429 g/mol. The van der Waals surface area contributed by atoms with Gasteiger partial charge in [-0.15, -0.1) is 0 Å². The number of hydrogen-bond acceptors (Lipinski definition) is 6. The van der Waals surface area contributed by atoms with Crippen LogP contribution in [0.4, 0.5) is 0 Å². The molecule has 158 valence electrons. The lowest BCUT2D eigenvalue weighted by Gasteiger charge is -2.26. The molecule has 7 nitrogen and oxygen atoms in total. The van der Waals surface area contributed by atoms with Crippen molar-refractivity contribution in [1.82, 2.24) is 14.8 Å². The second kappa shape index (κ2) is 9.28. The molecule has 1 aliphatic heterocycles. The lowest BCUT2D eigenvalue weighted by molar-refractivity contribution is -0.139. The molecule has 8 heteroatoms. The highest BCUT2D eigenvalue weighted by Gasteiger charge is 2.46. The third kappa shape index (κ3) is 4.32. The van der Waals surface area contributed by atoms with Gasteiger partial charge in [-0.05, 0) is 63.0 Å². The lowest BCUT2D eigenvalue weighted by Crippen LogP contribution is -2.32. The number of Topliss-reactive ketones (excluding diaryl/α,β-unsaturated/α-hetero) is 1. The van der Waals surface area contributed by atoms with Crippen molar-refractivity contribution in [2.45, 2.75) is 12.5 Å². The number of methoxy groups -OCH3 is 1. The molecular formula is C22H24ClN3O4. The second-order valence-corrected chi connectivity index (χ2v) is 7.71. The van der Waals surface area contributed by atoms with Crippen LogP contribution in [0.1, 0.15) is 23.6 Å². The summed E-state index contributed by atoms with van der Waals surface area (Å²) in [4.78, 5) is 33.4. The van der Waals surface area contributed by atoms with E-state index >= 15 is 0 Å². The van der Waals surface area contributed by atoms with Crippen molar-refractivity contribution in [3.05, 3.63) is 64.4 Å². The molecule has 1 aliphatic rings. The molecule has 0 bridgehead atoms. The molecule has 1 aromatic heterocycles. The van der Waals surface area contributed by atoms with E-state index in [0.717, 1.165) is 6.54 Å². The van der Waals surface area contributed by atoms with Crippen LogP contribution in [0.5, 0.6) is 5.75 Å². The normalized spacial score (nSPS) is 18.3. The van der Waals surface area contributed by atoms with Gasteiger partial charge in [-0.2, -0.15) is 0 Å². The Balaban J connectivity index is 2.13. The zero-order valence-corrected chi connectivity index (χ0v) is 17.9. The van der Waals surface area contributed by atoms with Crippen LogP contribution >= 0.6 is 11.6 Å². The fraction of sp³-hybridized carbons (Fsp3) is 0.318. The molecule has 0 saturated carbocycles. The molecule has 3 rings (SSSR count). The van der Waals surface area contributed by atoms with Gasteiger partial charge in [0.05, 0.1) is 24.3 Å². The maximum atomic E-state index is 13.0. The van der Waals surface area contributed by atoms with E-state index in [1.54, 1.807) is 36.7 Å². The summed E-state index contributed by atoms with van der Waals surface area (Å²) in [6, 6.07) is 7.48. The highest BCUT2D eigenvalue weighted by Crippen LogP contribution is 2.41. The molecule has 2 heterocycles. The molecule has 1 amide bonds. The van der Waals surface area contributed by atoms with Gasteiger partial charge in [0, 0.05) is 24.0 Å². The third-order valence-electron chi connectivity index (χ3n) is 4.98. The van der Waals surface area contributed by atoms with Crippen LogP contribution in [0.2, 0.25) is 5.02 Å². The molecule has 1 N–H and O–H groups in total. The molecule has 0 unspecified atom stereocenters. The predicted molar refractivity (Wildman–Crippen MR) is 114 cm³/mol. The van der Waals surface area contributed by atoms with E-state index in [1.165, 1.54) is 18.1 Å². The number of aliphatic hydroxyl groups is 1. The summed E-state index contributed by atoms with van der Waals surface area (Å²) in [5.74, 6) is -1.34. The molecule has 1 fully saturated rings. The average Bonchev–Trinajstić information content (AvgIpc) is 2.98. The van der Waals surface area contributed by atoms with Gasteiger partial charge in [0.25, 0.3) is 11.7 Å². The largest absolute Gasteiger partial charge is 0.507 e. The molecule has 2 aromatic rings. The van der Waals surface area contributed by atoms with Crippen LogP contribution in [-0.4, -0.2) is 65.9 Å². The highest BCUT2D eigenvalue weighted by atomic mass is 35.5. The number of benzene rings is 1. The van der Waals surface area contributed by atoms with Crippen molar-refractivity contribution in [1.29, 1.82) is 0 Å². The van der Waals surface area contributed by atoms with Gasteiger partial charge < -0.3 is 19.6 Å². The first-order valence-corrected chi connectivity index (χ1v) is 9.90. The third-order valence-corrected chi connectivity index (χ3v) is 5.22. The minimum atomic E-state index is -0.735. The maximum absolute atomic E-state index is 13.0. The number of likely N-dealkylation sites (tertiary alicyclic amines) is 1. The summed E-state index contributed by atoms with van der Waals surface area (Å²) < 4.78 is 5.32. The SMILES string of the molecule is COc1ccc(Cl)cc1C(O)=C1C(=O)C(=O)N(CCCN(C)C)[C@H]1c1ccncc1. The molecule has 0 radical (unpaired) electrons. The highest BCUT2D eigenvalue weighted by molar-refractivity contribution is 6.46. The Labute approximate surface area is 180 Å². The smallest absolute Gasteiger partial charge is 0.295 e. The van der Waals surface area contributed by atoms with E-state index in [-0.39, 0.29) is 16.9 Å². The van der Waals surface area contributed by atoms with Gasteiger partial charge in [0.15, 0.2) is 0 Å². The first kappa shape index (κ1) is 21.8. The van der Waals surface area contributed by atoms with Crippen LogP contribution in [-0.2, 0) is 9.59 Å². The summed E-state index contributed by atoms with van der Waals surface area (Å²) in [6.07, 6.45) is 3.87. The second-order valence-electron chi connectivity index (χ2n) is 7.27. The fourth-order valence-electron chi connectivity index (χ4n) is 3.57. The standard InChI is InChI=1S/C22H24ClN3O4/c1-25(2)11-4-12-26-19(14-7-9-24-10-8-14)18(21(28)22(26)29)20(27)16-13-15(23)5-6-17(16)30-3/h5-10,13,19,27H,4,11-12H2,1-3H3/t19-/m0/s1. The lowest BCUT2D eigenvalue weighted by atomic mass is 9.95. The van der Waals surface area contributed by atoms with Crippen LogP contribution in [0.3, 0.4) is 0 Å².